The summed E-state index contributed by atoms with van der Waals surface area (Å²) in [4.78, 5) is 22.0. The summed E-state index contributed by atoms with van der Waals surface area (Å²) in [7, 11) is 1.58. The van der Waals surface area contributed by atoms with Crippen LogP contribution in [0.1, 0.15) is 44.6 Å². The average Bonchev–Trinajstić information content (AvgIpc) is 2.53. The molecule has 1 aromatic rings. The molecule has 0 saturated carbocycles. The van der Waals surface area contributed by atoms with Gasteiger partial charge in [0.25, 0.3) is 0 Å². The number of methoxy groups -OCH3 is 1. The summed E-state index contributed by atoms with van der Waals surface area (Å²) in [6.45, 7) is 3.12. The Morgan fingerprint density at radius 1 is 1.17 bits per heavy atom. The van der Waals surface area contributed by atoms with E-state index in [9.17, 15) is 9.59 Å². The number of carboxylic acids is 1. The maximum atomic E-state index is 11.6. The topological polar surface area (TPSA) is 84.9 Å². The molecule has 0 aliphatic heterocycles. The Hall–Kier alpha value is -2.24. The van der Waals surface area contributed by atoms with Crippen LogP contribution in [0.5, 0.6) is 11.5 Å². The Morgan fingerprint density at radius 3 is 2.61 bits per heavy atom. The predicted molar refractivity (Wildman–Crippen MR) is 86.7 cm³/mol. The highest BCUT2D eigenvalue weighted by molar-refractivity contribution is 5.76. The Balaban J connectivity index is 2.47. The number of ether oxygens (including phenoxy) is 2. The van der Waals surface area contributed by atoms with Crippen molar-refractivity contribution in [2.24, 2.45) is 0 Å². The molecule has 6 nitrogen and oxygen atoms in total. The van der Waals surface area contributed by atoms with Gasteiger partial charge in [0.2, 0.25) is 5.91 Å². The second kappa shape index (κ2) is 10.5. The molecule has 0 spiro atoms. The second-order valence-electron chi connectivity index (χ2n) is 5.21. The number of hydrogen-bond acceptors (Lipinski definition) is 4. The summed E-state index contributed by atoms with van der Waals surface area (Å²) in [5, 5.41) is 11.3. The van der Waals surface area contributed by atoms with E-state index in [0.29, 0.717) is 31.1 Å². The zero-order chi connectivity index (χ0) is 17.1. The van der Waals surface area contributed by atoms with Crippen LogP contribution < -0.4 is 14.8 Å². The largest absolute Gasteiger partial charge is 0.493 e. The van der Waals surface area contributed by atoms with E-state index >= 15 is 0 Å². The first-order valence-corrected chi connectivity index (χ1v) is 7.85. The minimum atomic E-state index is -0.888. The third kappa shape index (κ3) is 7.54. The van der Waals surface area contributed by atoms with Crippen molar-refractivity contribution in [1.82, 2.24) is 5.32 Å². The zero-order valence-corrected chi connectivity index (χ0v) is 13.8. The van der Waals surface area contributed by atoms with E-state index in [1.54, 1.807) is 7.11 Å². The van der Waals surface area contributed by atoms with Crippen molar-refractivity contribution < 1.29 is 24.2 Å². The Kier molecular flexibility index (Phi) is 8.57. The molecule has 0 aliphatic carbocycles. The van der Waals surface area contributed by atoms with Crippen molar-refractivity contribution in [3.05, 3.63) is 23.8 Å². The monoisotopic (exact) mass is 323 g/mol. The lowest BCUT2D eigenvalue weighted by Gasteiger charge is -2.12. The molecular weight excluding hydrogens is 298 g/mol. The van der Waals surface area contributed by atoms with Gasteiger partial charge in [0, 0.05) is 19.4 Å². The van der Waals surface area contributed by atoms with E-state index in [2.05, 4.69) is 12.2 Å². The number of amides is 1. The molecule has 0 bridgehead atoms. The molecule has 0 saturated heterocycles. The Bertz CT molecular complexity index is 516. The third-order valence-electron chi connectivity index (χ3n) is 3.27. The summed E-state index contributed by atoms with van der Waals surface area (Å²) >= 11 is 0. The summed E-state index contributed by atoms with van der Waals surface area (Å²) in [6, 6.07) is 5.54. The number of carboxylic acid groups (broad SMARTS) is 1. The van der Waals surface area contributed by atoms with Gasteiger partial charge < -0.3 is 19.9 Å². The van der Waals surface area contributed by atoms with Crippen molar-refractivity contribution in [2.75, 3.05) is 13.7 Å². The van der Waals surface area contributed by atoms with Crippen molar-refractivity contribution in [3.8, 4) is 11.5 Å². The van der Waals surface area contributed by atoms with E-state index in [0.717, 1.165) is 18.4 Å². The van der Waals surface area contributed by atoms with Gasteiger partial charge in [-0.1, -0.05) is 19.4 Å². The van der Waals surface area contributed by atoms with E-state index < -0.39 is 5.97 Å². The molecule has 2 N–H and O–H groups in total. The van der Waals surface area contributed by atoms with Crippen LogP contribution in [0.4, 0.5) is 0 Å². The van der Waals surface area contributed by atoms with Crippen molar-refractivity contribution >= 4 is 11.9 Å². The average molecular weight is 323 g/mol. The maximum absolute atomic E-state index is 11.6. The first kappa shape index (κ1) is 18.8. The predicted octanol–water partition coefficient (Wildman–Crippen LogP) is 2.75. The normalized spacial score (nSPS) is 10.2. The van der Waals surface area contributed by atoms with Crippen LogP contribution in [0.3, 0.4) is 0 Å². The summed E-state index contributed by atoms with van der Waals surface area (Å²) in [5.74, 6) is 0.283. The zero-order valence-electron chi connectivity index (χ0n) is 13.8. The van der Waals surface area contributed by atoms with Crippen LogP contribution in [0.25, 0.3) is 0 Å². The molecule has 1 amide bonds. The number of nitrogens with one attached hydrogen (secondary N) is 1. The van der Waals surface area contributed by atoms with Gasteiger partial charge in [-0.3, -0.25) is 9.59 Å². The number of aliphatic carboxylic acids is 1. The van der Waals surface area contributed by atoms with Gasteiger partial charge >= 0.3 is 5.97 Å². The highest BCUT2D eigenvalue weighted by atomic mass is 16.5. The van der Waals surface area contributed by atoms with Crippen LogP contribution in [0.15, 0.2) is 18.2 Å². The molecule has 0 aromatic heterocycles. The van der Waals surface area contributed by atoms with Gasteiger partial charge in [-0.15, -0.1) is 0 Å². The lowest BCUT2D eigenvalue weighted by Crippen LogP contribution is -2.22. The molecular formula is C17H25NO5. The van der Waals surface area contributed by atoms with Gasteiger partial charge in [0.1, 0.15) is 0 Å². The number of carbonyl (C=O) groups excluding carboxylic acids is 1. The Morgan fingerprint density at radius 2 is 1.96 bits per heavy atom. The standard InChI is InChI=1S/C17H25NO5/c1-3-4-10-23-14-9-8-13(11-15(14)22-2)12-18-16(19)6-5-7-17(20)21/h8-9,11H,3-7,10,12H2,1-2H3,(H,18,19)(H,20,21). The molecule has 0 atom stereocenters. The third-order valence-corrected chi connectivity index (χ3v) is 3.27. The lowest BCUT2D eigenvalue weighted by molar-refractivity contribution is -0.137. The van der Waals surface area contributed by atoms with E-state index in [1.165, 1.54) is 0 Å². The quantitative estimate of drug-likeness (QED) is 0.612. The Labute approximate surface area is 136 Å². The molecule has 1 rings (SSSR count). The van der Waals surface area contributed by atoms with Gasteiger partial charge in [0.15, 0.2) is 11.5 Å². The summed E-state index contributed by atoms with van der Waals surface area (Å²) in [5.41, 5.74) is 0.899. The fourth-order valence-corrected chi connectivity index (χ4v) is 1.96. The fourth-order valence-electron chi connectivity index (χ4n) is 1.96. The molecule has 0 aliphatic rings. The number of benzene rings is 1. The van der Waals surface area contributed by atoms with E-state index in [-0.39, 0.29) is 18.7 Å². The maximum Gasteiger partial charge on any atom is 0.303 e. The van der Waals surface area contributed by atoms with Crippen LogP contribution >= 0.6 is 0 Å². The van der Waals surface area contributed by atoms with Crippen LogP contribution in [0.2, 0.25) is 0 Å². The first-order valence-electron chi connectivity index (χ1n) is 7.85. The molecule has 128 valence electrons. The smallest absolute Gasteiger partial charge is 0.303 e. The number of rotatable bonds is 11. The molecule has 1 aromatic carbocycles. The minimum Gasteiger partial charge on any atom is -0.493 e. The highest BCUT2D eigenvalue weighted by Gasteiger charge is 2.08. The highest BCUT2D eigenvalue weighted by Crippen LogP contribution is 2.28. The SMILES string of the molecule is CCCCOc1ccc(CNC(=O)CCCC(=O)O)cc1OC. The first-order chi connectivity index (χ1) is 11.1. The van der Waals surface area contributed by atoms with Gasteiger partial charge in [0.05, 0.1) is 13.7 Å². The van der Waals surface area contributed by atoms with Gasteiger partial charge in [-0.25, -0.2) is 0 Å². The molecule has 0 fully saturated rings. The van der Waals surface area contributed by atoms with Crippen LogP contribution in [-0.4, -0.2) is 30.7 Å². The molecule has 0 heterocycles. The van der Waals surface area contributed by atoms with E-state index in [1.807, 2.05) is 18.2 Å². The van der Waals surface area contributed by atoms with Crippen molar-refractivity contribution in [1.29, 1.82) is 0 Å². The van der Waals surface area contributed by atoms with Crippen LogP contribution in [0, 0.1) is 0 Å². The van der Waals surface area contributed by atoms with Gasteiger partial charge in [-0.05, 0) is 30.5 Å². The number of unbranched alkanes of at least 4 members (excludes halogenated alkanes) is 1. The van der Waals surface area contributed by atoms with Crippen LogP contribution in [-0.2, 0) is 16.1 Å². The fraction of sp³-hybridized carbons (Fsp3) is 0.529. The molecule has 0 unspecified atom stereocenters. The minimum absolute atomic E-state index is 0.00500. The number of carbonyl (C=O) groups is 2. The summed E-state index contributed by atoms with van der Waals surface area (Å²) < 4.78 is 11.0. The lowest BCUT2D eigenvalue weighted by atomic mass is 10.2. The van der Waals surface area contributed by atoms with Crippen molar-refractivity contribution in [3.63, 3.8) is 0 Å². The van der Waals surface area contributed by atoms with Gasteiger partial charge in [-0.2, -0.15) is 0 Å². The number of hydrogen-bond donors (Lipinski definition) is 2. The van der Waals surface area contributed by atoms with Crippen molar-refractivity contribution in [2.45, 2.75) is 45.6 Å². The summed E-state index contributed by atoms with van der Waals surface area (Å²) in [6.07, 6.45) is 2.60. The molecule has 23 heavy (non-hydrogen) atoms. The second-order valence-corrected chi connectivity index (χ2v) is 5.21. The molecule has 0 radical (unpaired) electrons. The molecule has 6 heteroatoms. The van der Waals surface area contributed by atoms with E-state index in [4.69, 9.17) is 14.6 Å².